The predicted molar refractivity (Wildman–Crippen MR) is 79.7 cm³/mol. The van der Waals surface area contributed by atoms with Crippen molar-refractivity contribution in [2.75, 3.05) is 7.11 Å². The molecular formula is C17H19NO2. The van der Waals surface area contributed by atoms with Gasteiger partial charge >= 0.3 is 0 Å². The van der Waals surface area contributed by atoms with Crippen LogP contribution in [0, 0.1) is 5.92 Å². The van der Waals surface area contributed by atoms with Crippen LogP contribution in [-0.4, -0.2) is 13.0 Å². The number of ether oxygens (including phenoxy) is 1. The Morgan fingerprint density at radius 2 is 1.95 bits per heavy atom. The van der Waals surface area contributed by atoms with E-state index in [0.29, 0.717) is 6.54 Å². The molecule has 1 fully saturated rings. The Morgan fingerprint density at radius 1 is 1.20 bits per heavy atom. The summed E-state index contributed by atoms with van der Waals surface area (Å²) in [4.78, 5) is 11.8. The van der Waals surface area contributed by atoms with Crippen molar-refractivity contribution in [2.45, 2.75) is 25.8 Å². The maximum absolute atomic E-state index is 11.8. The smallest absolute Gasteiger partial charge is 0.223 e. The number of benzene rings is 2. The molecule has 20 heavy (non-hydrogen) atoms. The molecule has 0 heterocycles. The van der Waals surface area contributed by atoms with Gasteiger partial charge in [-0.1, -0.05) is 24.6 Å². The summed E-state index contributed by atoms with van der Waals surface area (Å²) >= 11 is 0. The van der Waals surface area contributed by atoms with E-state index in [1.54, 1.807) is 7.11 Å². The van der Waals surface area contributed by atoms with Crippen molar-refractivity contribution in [2.24, 2.45) is 5.92 Å². The Labute approximate surface area is 118 Å². The summed E-state index contributed by atoms with van der Waals surface area (Å²) in [6.45, 7) is 0.608. The molecule has 0 aromatic heterocycles. The number of amides is 1. The van der Waals surface area contributed by atoms with Gasteiger partial charge in [0.15, 0.2) is 0 Å². The zero-order valence-corrected chi connectivity index (χ0v) is 11.7. The Bertz CT molecular complexity index is 632. The summed E-state index contributed by atoms with van der Waals surface area (Å²) in [6.07, 6.45) is 3.28. The van der Waals surface area contributed by atoms with E-state index in [1.165, 1.54) is 11.8 Å². The van der Waals surface area contributed by atoms with Crippen LogP contribution in [0.1, 0.15) is 24.8 Å². The van der Waals surface area contributed by atoms with Crippen molar-refractivity contribution in [3.63, 3.8) is 0 Å². The lowest BCUT2D eigenvalue weighted by Gasteiger charge is -2.24. The molecule has 0 radical (unpaired) electrons. The Hall–Kier alpha value is -2.03. The largest absolute Gasteiger partial charge is 0.497 e. The van der Waals surface area contributed by atoms with E-state index in [1.807, 2.05) is 18.2 Å². The zero-order valence-electron chi connectivity index (χ0n) is 11.7. The topological polar surface area (TPSA) is 38.3 Å². The van der Waals surface area contributed by atoms with Crippen LogP contribution in [0.15, 0.2) is 36.4 Å². The van der Waals surface area contributed by atoms with Gasteiger partial charge < -0.3 is 10.1 Å². The second-order valence-electron chi connectivity index (χ2n) is 5.39. The van der Waals surface area contributed by atoms with Crippen LogP contribution in [0.3, 0.4) is 0 Å². The van der Waals surface area contributed by atoms with Gasteiger partial charge in [-0.15, -0.1) is 0 Å². The molecule has 3 rings (SSSR count). The fraction of sp³-hybridized carbons (Fsp3) is 0.353. The number of fused-ring (bicyclic) bond motifs is 1. The number of hydrogen-bond acceptors (Lipinski definition) is 2. The number of rotatable bonds is 4. The molecule has 1 aliphatic carbocycles. The third-order valence-corrected chi connectivity index (χ3v) is 4.05. The fourth-order valence-corrected chi connectivity index (χ4v) is 2.51. The van der Waals surface area contributed by atoms with Gasteiger partial charge in [-0.25, -0.2) is 0 Å². The molecule has 1 saturated carbocycles. The highest BCUT2D eigenvalue weighted by Gasteiger charge is 2.24. The molecule has 0 spiro atoms. The first-order valence-electron chi connectivity index (χ1n) is 7.10. The monoisotopic (exact) mass is 269 g/mol. The van der Waals surface area contributed by atoms with Crippen LogP contribution in [0.2, 0.25) is 0 Å². The lowest BCUT2D eigenvalue weighted by molar-refractivity contribution is -0.127. The number of nitrogens with one attached hydrogen (secondary N) is 1. The average molecular weight is 269 g/mol. The molecule has 1 aliphatic rings. The predicted octanol–water partition coefficient (Wildman–Crippen LogP) is 3.26. The van der Waals surface area contributed by atoms with Crippen LogP contribution in [-0.2, 0) is 11.3 Å². The number of hydrogen-bond donors (Lipinski definition) is 1. The van der Waals surface area contributed by atoms with E-state index in [9.17, 15) is 4.79 Å². The van der Waals surface area contributed by atoms with Gasteiger partial charge in [0.1, 0.15) is 5.75 Å². The van der Waals surface area contributed by atoms with E-state index < -0.39 is 0 Å². The molecule has 0 atom stereocenters. The summed E-state index contributed by atoms with van der Waals surface area (Å²) in [5.74, 6) is 1.31. The summed E-state index contributed by atoms with van der Waals surface area (Å²) in [7, 11) is 1.67. The van der Waals surface area contributed by atoms with Crippen molar-refractivity contribution < 1.29 is 9.53 Å². The van der Waals surface area contributed by atoms with Crippen molar-refractivity contribution in [1.29, 1.82) is 0 Å². The third kappa shape index (κ3) is 2.62. The quantitative estimate of drug-likeness (QED) is 0.925. The van der Waals surface area contributed by atoms with Gasteiger partial charge in [-0.2, -0.15) is 0 Å². The standard InChI is InChI=1S/C17H19NO2/c1-20-16-8-7-14-9-12(5-6-15(14)10-16)11-18-17(19)13-3-2-4-13/h5-10,13H,2-4,11H2,1H3,(H,18,19). The molecule has 3 heteroatoms. The summed E-state index contributed by atoms with van der Waals surface area (Å²) in [5.41, 5.74) is 1.13. The molecule has 1 N–H and O–H groups in total. The van der Waals surface area contributed by atoms with Gasteiger partial charge in [-0.05, 0) is 47.4 Å². The van der Waals surface area contributed by atoms with Crippen molar-refractivity contribution in [1.82, 2.24) is 5.32 Å². The Kier molecular flexibility index (Phi) is 3.59. The Balaban J connectivity index is 1.70. The van der Waals surface area contributed by atoms with Crippen molar-refractivity contribution in [3.05, 3.63) is 42.0 Å². The van der Waals surface area contributed by atoms with Gasteiger partial charge in [0.05, 0.1) is 7.11 Å². The summed E-state index contributed by atoms with van der Waals surface area (Å²) in [6, 6.07) is 12.3. The molecule has 0 saturated heterocycles. The maximum atomic E-state index is 11.8. The number of carbonyl (C=O) groups excluding carboxylic acids is 1. The van der Waals surface area contributed by atoms with Crippen molar-refractivity contribution in [3.8, 4) is 5.75 Å². The number of methoxy groups -OCH3 is 1. The summed E-state index contributed by atoms with van der Waals surface area (Å²) < 4.78 is 5.22. The minimum Gasteiger partial charge on any atom is -0.497 e. The van der Waals surface area contributed by atoms with Gasteiger partial charge in [-0.3, -0.25) is 4.79 Å². The lowest BCUT2D eigenvalue weighted by atomic mass is 9.85. The Morgan fingerprint density at radius 3 is 2.65 bits per heavy atom. The van der Waals surface area contributed by atoms with E-state index in [-0.39, 0.29) is 11.8 Å². The van der Waals surface area contributed by atoms with E-state index in [4.69, 9.17) is 4.74 Å². The second kappa shape index (κ2) is 5.53. The van der Waals surface area contributed by atoms with Crippen LogP contribution in [0.4, 0.5) is 0 Å². The summed E-state index contributed by atoms with van der Waals surface area (Å²) in [5, 5.41) is 5.34. The van der Waals surface area contributed by atoms with Crippen molar-refractivity contribution >= 4 is 16.7 Å². The van der Waals surface area contributed by atoms with Crippen LogP contribution in [0.5, 0.6) is 5.75 Å². The molecular weight excluding hydrogens is 250 g/mol. The highest BCUT2D eigenvalue weighted by Crippen LogP contribution is 2.26. The molecule has 2 aromatic rings. The zero-order chi connectivity index (χ0) is 13.9. The minimum absolute atomic E-state index is 0.200. The van der Waals surface area contributed by atoms with E-state index in [2.05, 4.69) is 23.5 Å². The minimum atomic E-state index is 0.200. The first kappa shape index (κ1) is 13.0. The molecule has 0 aliphatic heterocycles. The third-order valence-electron chi connectivity index (χ3n) is 4.05. The van der Waals surface area contributed by atoms with Crippen LogP contribution in [0.25, 0.3) is 10.8 Å². The maximum Gasteiger partial charge on any atom is 0.223 e. The molecule has 3 nitrogen and oxygen atoms in total. The highest BCUT2D eigenvalue weighted by molar-refractivity contribution is 5.85. The second-order valence-corrected chi connectivity index (χ2v) is 5.39. The van der Waals surface area contributed by atoms with Gasteiger partial charge in [0.25, 0.3) is 0 Å². The number of carbonyl (C=O) groups is 1. The first-order valence-corrected chi connectivity index (χ1v) is 7.10. The SMILES string of the molecule is COc1ccc2cc(CNC(=O)C3CCC3)ccc2c1. The van der Waals surface area contributed by atoms with E-state index >= 15 is 0 Å². The average Bonchev–Trinajstić information content (AvgIpc) is 2.42. The first-order chi connectivity index (χ1) is 9.76. The van der Waals surface area contributed by atoms with Crippen LogP contribution < -0.4 is 10.1 Å². The van der Waals surface area contributed by atoms with Crippen LogP contribution >= 0.6 is 0 Å². The molecule has 0 unspecified atom stereocenters. The highest BCUT2D eigenvalue weighted by atomic mass is 16.5. The molecule has 2 aromatic carbocycles. The fourth-order valence-electron chi connectivity index (χ4n) is 2.51. The normalized spacial score (nSPS) is 14.8. The lowest BCUT2D eigenvalue weighted by Crippen LogP contribution is -2.33. The van der Waals surface area contributed by atoms with E-state index in [0.717, 1.165) is 29.5 Å². The molecule has 1 amide bonds. The van der Waals surface area contributed by atoms with Gasteiger partial charge in [0, 0.05) is 12.5 Å². The van der Waals surface area contributed by atoms with Gasteiger partial charge in [0.2, 0.25) is 5.91 Å². The molecule has 104 valence electrons. The molecule has 0 bridgehead atoms.